The molecule has 34 heavy (non-hydrogen) atoms. The lowest BCUT2D eigenvalue weighted by Crippen LogP contribution is -2.50. The third-order valence-electron chi connectivity index (χ3n) is 6.07. The molecule has 1 aliphatic carbocycles. The summed E-state index contributed by atoms with van der Waals surface area (Å²) in [5, 5.41) is 6.99. The molecule has 0 aromatic heterocycles. The molecular formula is C26H32ClN3O4. The maximum atomic E-state index is 13.1. The lowest BCUT2D eigenvalue weighted by Gasteiger charge is -2.24. The second-order valence-electron chi connectivity index (χ2n) is 8.54. The van der Waals surface area contributed by atoms with Crippen LogP contribution in [0.25, 0.3) is 0 Å². The van der Waals surface area contributed by atoms with Gasteiger partial charge in [0.1, 0.15) is 0 Å². The van der Waals surface area contributed by atoms with E-state index in [1.54, 1.807) is 24.3 Å². The number of halogens is 1. The Morgan fingerprint density at radius 3 is 2.50 bits per heavy atom. The van der Waals surface area contributed by atoms with Crippen molar-refractivity contribution in [2.75, 3.05) is 13.2 Å². The van der Waals surface area contributed by atoms with Crippen molar-refractivity contribution >= 4 is 29.3 Å². The number of hydrogen-bond acceptors (Lipinski definition) is 6. The highest BCUT2D eigenvalue weighted by Crippen LogP contribution is 2.27. The Bertz CT molecular complexity index is 952. The number of benzene rings is 2. The van der Waals surface area contributed by atoms with Crippen molar-refractivity contribution in [1.29, 1.82) is 0 Å². The van der Waals surface area contributed by atoms with Crippen molar-refractivity contribution in [1.82, 2.24) is 10.6 Å². The number of carbonyl (C=O) groups excluding carboxylic acids is 3. The van der Waals surface area contributed by atoms with Crippen LogP contribution in [0.3, 0.4) is 0 Å². The fourth-order valence-corrected chi connectivity index (χ4v) is 4.27. The topological polar surface area (TPSA) is 111 Å². The number of amides is 1. The van der Waals surface area contributed by atoms with Gasteiger partial charge in [0.2, 0.25) is 5.91 Å². The molecule has 8 heteroatoms. The lowest BCUT2D eigenvalue weighted by atomic mass is 10.0. The SMILES string of the molecule is NCCC[C@H](NCc1ccc(Cl)cc1)C(=O)N[C@H]1CCC[C@H]1C(=O)OCC(=O)c1ccccc1. The first-order valence-electron chi connectivity index (χ1n) is 11.7. The minimum Gasteiger partial charge on any atom is -0.457 e. The summed E-state index contributed by atoms with van der Waals surface area (Å²) in [6, 6.07) is 15.4. The minimum atomic E-state index is -0.459. The molecule has 0 aliphatic heterocycles. The molecule has 0 heterocycles. The first-order chi connectivity index (χ1) is 16.5. The average Bonchev–Trinajstić information content (AvgIpc) is 3.32. The van der Waals surface area contributed by atoms with E-state index in [0.717, 1.165) is 12.0 Å². The van der Waals surface area contributed by atoms with E-state index >= 15 is 0 Å². The Hall–Kier alpha value is -2.74. The predicted molar refractivity (Wildman–Crippen MR) is 131 cm³/mol. The number of Topliss-reactive ketones (excluding diaryl/α,β-unsaturated/α-hetero) is 1. The second-order valence-corrected chi connectivity index (χ2v) is 8.98. The maximum Gasteiger partial charge on any atom is 0.311 e. The van der Waals surface area contributed by atoms with Crippen molar-refractivity contribution in [3.05, 3.63) is 70.7 Å². The van der Waals surface area contributed by atoms with E-state index in [1.807, 2.05) is 30.3 Å². The average molecular weight is 486 g/mol. The van der Waals surface area contributed by atoms with Gasteiger partial charge in [-0.15, -0.1) is 0 Å². The molecule has 3 rings (SSSR count). The first-order valence-corrected chi connectivity index (χ1v) is 12.1. The van der Waals surface area contributed by atoms with Crippen LogP contribution < -0.4 is 16.4 Å². The van der Waals surface area contributed by atoms with E-state index in [2.05, 4.69) is 10.6 Å². The molecule has 3 atom stereocenters. The molecule has 0 bridgehead atoms. The maximum absolute atomic E-state index is 13.1. The van der Waals surface area contributed by atoms with Gasteiger partial charge in [-0.3, -0.25) is 14.4 Å². The highest BCUT2D eigenvalue weighted by atomic mass is 35.5. The van der Waals surface area contributed by atoms with Crippen LogP contribution in [0.15, 0.2) is 54.6 Å². The number of rotatable bonds is 12. The summed E-state index contributed by atoms with van der Waals surface area (Å²) in [5.74, 6) is -1.31. The summed E-state index contributed by atoms with van der Waals surface area (Å²) in [6.45, 7) is 0.694. The third kappa shape index (κ3) is 7.65. The van der Waals surface area contributed by atoms with E-state index in [0.29, 0.717) is 49.4 Å². The van der Waals surface area contributed by atoms with Gasteiger partial charge < -0.3 is 21.1 Å². The van der Waals surface area contributed by atoms with Crippen molar-refractivity contribution in [2.45, 2.75) is 50.7 Å². The molecule has 182 valence electrons. The van der Waals surface area contributed by atoms with Crippen molar-refractivity contribution in [3.8, 4) is 0 Å². The molecule has 7 nitrogen and oxygen atoms in total. The zero-order valence-electron chi connectivity index (χ0n) is 19.2. The van der Waals surface area contributed by atoms with Crippen LogP contribution in [0, 0.1) is 5.92 Å². The lowest BCUT2D eigenvalue weighted by molar-refractivity contribution is -0.148. The Labute approximate surface area is 205 Å². The van der Waals surface area contributed by atoms with Gasteiger partial charge in [-0.05, 0) is 49.9 Å². The molecular weight excluding hydrogens is 454 g/mol. The molecule has 0 saturated heterocycles. The van der Waals surface area contributed by atoms with Gasteiger partial charge in [-0.2, -0.15) is 0 Å². The Morgan fingerprint density at radius 1 is 1.06 bits per heavy atom. The molecule has 1 saturated carbocycles. The highest BCUT2D eigenvalue weighted by Gasteiger charge is 2.36. The first kappa shape index (κ1) is 25.9. The zero-order chi connectivity index (χ0) is 24.3. The summed E-state index contributed by atoms with van der Waals surface area (Å²) in [4.78, 5) is 38.0. The molecule has 2 aromatic rings. The number of nitrogens with one attached hydrogen (secondary N) is 2. The number of ketones is 1. The predicted octanol–water partition coefficient (Wildman–Crippen LogP) is 3.25. The van der Waals surface area contributed by atoms with Gasteiger partial charge in [-0.1, -0.05) is 60.5 Å². The smallest absolute Gasteiger partial charge is 0.311 e. The van der Waals surface area contributed by atoms with Crippen molar-refractivity contribution in [3.63, 3.8) is 0 Å². The molecule has 1 amide bonds. The van der Waals surface area contributed by atoms with Crippen molar-refractivity contribution in [2.24, 2.45) is 11.7 Å². The fourth-order valence-electron chi connectivity index (χ4n) is 4.14. The van der Waals surface area contributed by atoms with E-state index in [-0.39, 0.29) is 24.3 Å². The summed E-state index contributed by atoms with van der Waals surface area (Å²) in [5.41, 5.74) is 7.18. The summed E-state index contributed by atoms with van der Waals surface area (Å²) in [6.07, 6.45) is 3.41. The number of hydrogen-bond donors (Lipinski definition) is 3. The summed E-state index contributed by atoms with van der Waals surface area (Å²) >= 11 is 5.94. The second kappa shape index (κ2) is 13.2. The molecule has 0 unspecified atom stereocenters. The number of esters is 1. The number of ether oxygens (including phenoxy) is 1. The molecule has 2 aromatic carbocycles. The van der Waals surface area contributed by atoms with E-state index in [1.165, 1.54) is 0 Å². The Morgan fingerprint density at radius 2 is 1.79 bits per heavy atom. The Balaban J connectivity index is 1.53. The van der Waals surface area contributed by atoms with Crippen LogP contribution in [-0.4, -0.2) is 42.9 Å². The van der Waals surface area contributed by atoms with Crippen LogP contribution in [-0.2, 0) is 20.9 Å². The van der Waals surface area contributed by atoms with Crippen molar-refractivity contribution < 1.29 is 19.1 Å². The monoisotopic (exact) mass is 485 g/mol. The third-order valence-corrected chi connectivity index (χ3v) is 6.32. The Kier molecular flexibility index (Phi) is 10.1. The fraction of sp³-hybridized carbons (Fsp3) is 0.423. The number of carbonyl (C=O) groups is 3. The highest BCUT2D eigenvalue weighted by molar-refractivity contribution is 6.30. The van der Waals surface area contributed by atoms with Gasteiger partial charge in [0.15, 0.2) is 12.4 Å². The molecule has 1 aliphatic rings. The van der Waals surface area contributed by atoms with Crippen LogP contribution in [0.1, 0.15) is 48.0 Å². The van der Waals surface area contributed by atoms with Crippen LogP contribution >= 0.6 is 11.6 Å². The summed E-state index contributed by atoms with van der Waals surface area (Å²) < 4.78 is 5.31. The van der Waals surface area contributed by atoms with Gasteiger partial charge >= 0.3 is 5.97 Å². The van der Waals surface area contributed by atoms with E-state index in [4.69, 9.17) is 22.1 Å². The van der Waals surface area contributed by atoms with Crippen LogP contribution in [0.2, 0.25) is 5.02 Å². The summed E-state index contributed by atoms with van der Waals surface area (Å²) in [7, 11) is 0. The molecule has 1 fully saturated rings. The van der Waals surface area contributed by atoms with Gasteiger partial charge in [0, 0.05) is 23.2 Å². The van der Waals surface area contributed by atoms with E-state index < -0.39 is 17.9 Å². The largest absolute Gasteiger partial charge is 0.457 e. The zero-order valence-corrected chi connectivity index (χ0v) is 19.9. The minimum absolute atomic E-state index is 0.160. The quantitative estimate of drug-likeness (QED) is 0.314. The molecule has 0 radical (unpaired) electrons. The van der Waals surface area contributed by atoms with Gasteiger partial charge in [-0.25, -0.2) is 0 Å². The van der Waals surface area contributed by atoms with Crippen LogP contribution in [0.5, 0.6) is 0 Å². The van der Waals surface area contributed by atoms with Gasteiger partial charge in [0.05, 0.1) is 12.0 Å². The van der Waals surface area contributed by atoms with E-state index in [9.17, 15) is 14.4 Å². The van der Waals surface area contributed by atoms with Crippen LogP contribution in [0.4, 0.5) is 0 Å². The standard InChI is InChI=1S/C26H32ClN3O4/c27-20-13-11-18(12-14-20)16-29-23(10-5-15-28)25(32)30-22-9-4-8-21(22)26(33)34-17-24(31)19-6-2-1-3-7-19/h1-3,6-7,11-14,21-23,29H,4-5,8-10,15-17,28H2,(H,30,32)/t21-,22+,23+/m1/s1. The van der Waals surface area contributed by atoms with Gasteiger partial charge in [0.25, 0.3) is 0 Å². The molecule has 0 spiro atoms. The molecule has 4 N–H and O–H groups in total. The normalized spacial score (nSPS) is 18.3. The number of nitrogens with two attached hydrogens (primary N) is 1.